The Kier molecular flexibility index (Phi) is 4.71. The van der Waals surface area contributed by atoms with Gasteiger partial charge in [-0.2, -0.15) is 0 Å². The third kappa shape index (κ3) is 2.99. The lowest BCUT2D eigenvalue weighted by molar-refractivity contribution is -0.148. The predicted molar refractivity (Wildman–Crippen MR) is 77.2 cm³/mol. The molecule has 0 aromatic heterocycles. The highest BCUT2D eigenvalue weighted by Gasteiger charge is 2.44. The Morgan fingerprint density at radius 1 is 1.25 bits per heavy atom. The van der Waals surface area contributed by atoms with Crippen LogP contribution in [0.15, 0.2) is 0 Å². The van der Waals surface area contributed by atoms with Gasteiger partial charge in [-0.1, -0.05) is 27.2 Å². The van der Waals surface area contributed by atoms with Gasteiger partial charge in [0.15, 0.2) is 0 Å². The fourth-order valence-electron chi connectivity index (χ4n) is 3.79. The molecule has 2 rings (SSSR count). The minimum Gasteiger partial charge on any atom is -0.481 e. The first kappa shape index (κ1) is 15.3. The molecule has 2 aliphatic rings. The van der Waals surface area contributed by atoms with Crippen molar-refractivity contribution in [2.45, 2.75) is 46.5 Å². The van der Waals surface area contributed by atoms with Gasteiger partial charge in [-0.3, -0.25) is 9.59 Å². The molecule has 2 unspecified atom stereocenters. The summed E-state index contributed by atoms with van der Waals surface area (Å²) >= 11 is 0. The van der Waals surface area contributed by atoms with Gasteiger partial charge in [-0.25, -0.2) is 0 Å². The van der Waals surface area contributed by atoms with E-state index in [9.17, 15) is 14.7 Å². The summed E-state index contributed by atoms with van der Waals surface area (Å²) in [5.41, 5.74) is 0. The largest absolute Gasteiger partial charge is 0.481 e. The molecule has 114 valence electrons. The first-order valence-electron chi connectivity index (χ1n) is 7.95. The van der Waals surface area contributed by atoms with Gasteiger partial charge in [0.2, 0.25) is 5.91 Å². The van der Waals surface area contributed by atoms with E-state index < -0.39 is 11.9 Å². The van der Waals surface area contributed by atoms with Crippen molar-refractivity contribution in [1.29, 1.82) is 0 Å². The van der Waals surface area contributed by atoms with Crippen LogP contribution in [0.3, 0.4) is 0 Å². The van der Waals surface area contributed by atoms with Gasteiger partial charge >= 0.3 is 5.97 Å². The van der Waals surface area contributed by atoms with Gasteiger partial charge in [0.25, 0.3) is 0 Å². The van der Waals surface area contributed by atoms with Crippen molar-refractivity contribution in [3.8, 4) is 0 Å². The van der Waals surface area contributed by atoms with Crippen LogP contribution in [-0.4, -0.2) is 35.0 Å². The fraction of sp³-hybridized carbons (Fsp3) is 0.875. The number of rotatable bonds is 4. The Labute approximate surface area is 121 Å². The van der Waals surface area contributed by atoms with Crippen molar-refractivity contribution in [3.05, 3.63) is 0 Å². The van der Waals surface area contributed by atoms with E-state index >= 15 is 0 Å². The number of hydrogen-bond acceptors (Lipinski definition) is 2. The highest BCUT2D eigenvalue weighted by atomic mass is 16.4. The van der Waals surface area contributed by atoms with Crippen molar-refractivity contribution < 1.29 is 14.7 Å². The zero-order valence-corrected chi connectivity index (χ0v) is 12.8. The number of carbonyl (C=O) groups is 2. The molecule has 1 N–H and O–H groups in total. The molecule has 4 atom stereocenters. The van der Waals surface area contributed by atoms with Crippen LogP contribution in [0.4, 0.5) is 0 Å². The molecule has 4 heteroatoms. The zero-order valence-electron chi connectivity index (χ0n) is 12.8. The van der Waals surface area contributed by atoms with Gasteiger partial charge in [0, 0.05) is 13.1 Å². The first-order valence-corrected chi connectivity index (χ1v) is 7.95. The molecular weight excluding hydrogens is 254 g/mol. The Bertz CT molecular complexity index is 380. The smallest absolute Gasteiger partial charge is 0.307 e. The molecule has 0 spiro atoms. The van der Waals surface area contributed by atoms with Crippen LogP contribution >= 0.6 is 0 Å². The van der Waals surface area contributed by atoms with Crippen molar-refractivity contribution >= 4 is 11.9 Å². The first-order chi connectivity index (χ1) is 9.43. The van der Waals surface area contributed by atoms with Gasteiger partial charge in [-0.15, -0.1) is 0 Å². The SMILES string of the molecule is CCC1C[C@H](C(=O)N2CCC(C(C)C)C2)[C@H](C(=O)O)C1. The average molecular weight is 281 g/mol. The van der Waals surface area contributed by atoms with Crippen molar-refractivity contribution in [2.75, 3.05) is 13.1 Å². The number of amides is 1. The number of carbonyl (C=O) groups excluding carboxylic acids is 1. The van der Waals surface area contributed by atoms with Gasteiger partial charge in [0.05, 0.1) is 11.8 Å². The Hall–Kier alpha value is -1.06. The maximum atomic E-state index is 12.7. The van der Waals surface area contributed by atoms with E-state index in [1.165, 1.54) is 0 Å². The van der Waals surface area contributed by atoms with Crippen LogP contribution in [-0.2, 0) is 9.59 Å². The third-order valence-electron chi connectivity index (χ3n) is 5.35. The molecular formula is C16H27NO3. The minimum absolute atomic E-state index is 0.0940. The maximum absolute atomic E-state index is 12.7. The lowest BCUT2D eigenvalue weighted by Crippen LogP contribution is -2.38. The van der Waals surface area contributed by atoms with Crippen LogP contribution in [0.25, 0.3) is 0 Å². The van der Waals surface area contributed by atoms with E-state index in [0.29, 0.717) is 24.2 Å². The number of aliphatic carboxylic acids is 1. The van der Waals surface area contributed by atoms with E-state index in [-0.39, 0.29) is 11.8 Å². The number of likely N-dealkylation sites (tertiary alicyclic amines) is 1. The van der Waals surface area contributed by atoms with Gasteiger partial charge in [-0.05, 0) is 37.0 Å². The second-order valence-corrected chi connectivity index (χ2v) is 6.87. The molecule has 1 amide bonds. The normalized spacial score (nSPS) is 33.9. The molecule has 4 nitrogen and oxygen atoms in total. The van der Waals surface area contributed by atoms with E-state index in [2.05, 4.69) is 20.8 Å². The minimum atomic E-state index is -0.793. The molecule has 0 bridgehead atoms. The molecule has 0 radical (unpaired) electrons. The quantitative estimate of drug-likeness (QED) is 0.861. The summed E-state index contributed by atoms with van der Waals surface area (Å²) in [4.78, 5) is 26.0. The number of hydrogen-bond donors (Lipinski definition) is 1. The molecule has 1 aliphatic carbocycles. The number of carboxylic acids is 1. The highest BCUT2D eigenvalue weighted by molar-refractivity contribution is 5.85. The van der Waals surface area contributed by atoms with Crippen LogP contribution in [0.5, 0.6) is 0 Å². The molecule has 1 saturated heterocycles. The van der Waals surface area contributed by atoms with E-state index in [1.807, 2.05) is 4.90 Å². The van der Waals surface area contributed by atoms with Crippen LogP contribution < -0.4 is 0 Å². The van der Waals surface area contributed by atoms with E-state index in [1.54, 1.807) is 0 Å². The Balaban J connectivity index is 2.02. The fourth-order valence-corrected chi connectivity index (χ4v) is 3.79. The van der Waals surface area contributed by atoms with Gasteiger partial charge < -0.3 is 10.0 Å². The Morgan fingerprint density at radius 2 is 1.90 bits per heavy atom. The highest BCUT2D eigenvalue weighted by Crippen LogP contribution is 2.40. The summed E-state index contributed by atoms with van der Waals surface area (Å²) < 4.78 is 0. The summed E-state index contributed by atoms with van der Waals surface area (Å²) in [5.74, 6) is 0.110. The van der Waals surface area contributed by atoms with Crippen LogP contribution in [0.2, 0.25) is 0 Å². The molecule has 20 heavy (non-hydrogen) atoms. The topological polar surface area (TPSA) is 57.6 Å². The number of carboxylic acid groups (broad SMARTS) is 1. The summed E-state index contributed by atoms with van der Waals surface area (Å²) in [7, 11) is 0. The summed E-state index contributed by atoms with van der Waals surface area (Å²) in [6.07, 6.45) is 3.46. The lowest BCUT2D eigenvalue weighted by Gasteiger charge is -2.23. The summed E-state index contributed by atoms with van der Waals surface area (Å²) in [5, 5.41) is 9.36. The second kappa shape index (κ2) is 6.15. The van der Waals surface area contributed by atoms with Crippen LogP contribution in [0, 0.1) is 29.6 Å². The van der Waals surface area contributed by atoms with Gasteiger partial charge in [0.1, 0.15) is 0 Å². The number of nitrogens with zero attached hydrogens (tertiary/aromatic N) is 1. The zero-order chi connectivity index (χ0) is 14.9. The molecule has 1 heterocycles. The lowest BCUT2D eigenvalue weighted by atomic mass is 9.94. The Morgan fingerprint density at radius 3 is 2.40 bits per heavy atom. The van der Waals surface area contributed by atoms with E-state index in [0.717, 1.165) is 32.4 Å². The molecule has 0 aromatic carbocycles. The predicted octanol–water partition coefficient (Wildman–Crippen LogP) is 2.63. The van der Waals surface area contributed by atoms with Crippen molar-refractivity contribution in [3.63, 3.8) is 0 Å². The van der Waals surface area contributed by atoms with Crippen molar-refractivity contribution in [1.82, 2.24) is 4.90 Å². The van der Waals surface area contributed by atoms with Crippen LogP contribution in [0.1, 0.15) is 46.5 Å². The third-order valence-corrected chi connectivity index (χ3v) is 5.35. The maximum Gasteiger partial charge on any atom is 0.307 e. The molecule has 1 saturated carbocycles. The summed E-state index contributed by atoms with van der Waals surface area (Å²) in [6, 6.07) is 0. The van der Waals surface area contributed by atoms with Crippen molar-refractivity contribution in [2.24, 2.45) is 29.6 Å². The monoisotopic (exact) mass is 281 g/mol. The molecule has 1 aliphatic heterocycles. The van der Waals surface area contributed by atoms with E-state index in [4.69, 9.17) is 0 Å². The standard InChI is InChI=1S/C16H27NO3/c1-4-11-7-13(14(8-11)16(19)20)15(18)17-6-5-12(9-17)10(2)3/h10-14H,4-9H2,1-3H3,(H,19,20)/t11?,12?,13-,14+/m0/s1. The average Bonchev–Trinajstić information content (AvgIpc) is 3.04. The molecule has 2 fully saturated rings. The summed E-state index contributed by atoms with van der Waals surface area (Å²) in [6.45, 7) is 8.10. The second-order valence-electron chi connectivity index (χ2n) is 6.87. The molecule has 0 aromatic rings.